The minimum atomic E-state index is -1.25. The van der Waals surface area contributed by atoms with Gasteiger partial charge in [-0.2, -0.15) is 0 Å². The fourth-order valence-electron chi connectivity index (χ4n) is 3.05. The largest absolute Gasteiger partial charge is 0.456 e. The van der Waals surface area contributed by atoms with Crippen LogP contribution >= 0.6 is 0 Å². The molecule has 2 N–H and O–H groups in total. The molecule has 0 aromatic heterocycles. The van der Waals surface area contributed by atoms with Gasteiger partial charge in [0.1, 0.15) is 11.1 Å². The molecule has 1 atom stereocenters. The van der Waals surface area contributed by atoms with E-state index in [-0.39, 0.29) is 12.0 Å². The van der Waals surface area contributed by atoms with Crippen molar-refractivity contribution in [2.24, 2.45) is 5.73 Å². The number of ether oxygens (including phenoxy) is 2. The lowest BCUT2D eigenvalue weighted by Gasteiger charge is -2.38. The van der Waals surface area contributed by atoms with Crippen LogP contribution in [0, 0.1) is 0 Å². The van der Waals surface area contributed by atoms with E-state index >= 15 is 0 Å². The monoisotopic (exact) mass is 405 g/mol. The highest BCUT2D eigenvalue weighted by Crippen LogP contribution is 2.23. The third-order valence-corrected chi connectivity index (χ3v) is 4.66. The van der Waals surface area contributed by atoms with Gasteiger partial charge in [0.15, 0.2) is 0 Å². The maximum absolute atomic E-state index is 13.0. The summed E-state index contributed by atoms with van der Waals surface area (Å²) in [6.45, 7) is 10.7. The Kier molecular flexibility index (Phi) is 6.89. The summed E-state index contributed by atoms with van der Waals surface area (Å²) in [6.07, 6.45) is -0.368. The van der Waals surface area contributed by atoms with Gasteiger partial charge >= 0.3 is 12.1 Å². The smallest absolute Gasteiger partial charge is 0.409 e. The second-order valence-electron chi connectivity index (χ2n) is 8.26. The molecule has 1 aromatic carbocycles. The topological polar surface area (TPSA) is 102 Å². The zero-order chi connectivity index (χ0) is 21.8. The Morgan fingerprint density at radius 3 is 1.97 bits per heavy atom. The summed E-state index contributed by atoms with van der Waals surface area (Å²) < 4.78 is 10.3. The number of carbonyl (C=O) groups excluding carboxylic acids is 3. The normalized spacial score (nSPS) is 16.8. The van der Waals surface area contributed by atoms with Gasteiger partial charge in [-0.3, -0.25) is 4.79 Å². The number of hydrogen-bond acceptors (Lipinski definition) is 6. The van der Waals surface area contributed by atoms with E-state index in [0.29, 0.717) is 43.9 Å². The van der Waals surface area contributed by atoms with Gasteiger partial charge < -0.3 is 25.0 Å². The van der Waals surface area contributed by atoms with Crippen LogP contribution in [-0.4, -0.2) is 66.2 Å². The van der Waals surface area contributed by atoms with E-state index in [1.807, 2.05) is 0 Å². The SMILES string of the molecule is CCOC(=O)N1CCN(C(=O)[C@@](C)(N)c2ccc(C(=O)OC(C)(C)C)cc2)CC1. The number of nitrogens with two attached hydrogens (primary N) is 1. The zero-order valence-corrected chi connectivity index (χ0v) is 17.9. The van der Waals surface area contributed by atoms with E-state index in [2.05, 4.69) is 0 Å². The van der Waals surface area contributed by atoms with Crippen LogP contribution in [0.3, 0.4) is 0 Å². The fraction of sp³-hybridized carbons (Fsp3) is 0.571. The molecule has 0 saturated carbocycles. The Morgan fingerprint density at radius 2 is 1.48 bits per heavy atom. The lowest BCUT2D eigenvalue weighted by molar-refractivity contribution is -0.138. The summed E-state index contributed by atoms with van der Waals surface area (Å²) in [6, 6.07) is 6.57. The van der Waals surface area contributed by atoms with E-state index < -0.39 is 17.1 Å². The third kappa shape index (κ3) is 5.69. The number of hydrogen-bond donors (Lipinski definition) is 1. The van der Waals surface area contributed by atoms with Crippen molar-refractivity contribution in [2.45, 2.75) is 45.8 Å². The van der Waals surface area contributed by atoms with Gasteiger partial charge in [-0.15, -0.1) is 0 Å². The second-order valence-corrected chi connectivity index (χ2v) is 8.26. The lowest BCUT2D eigenvalue weighted by Crippen LogP contribution is -2.57. The molecule has 1 aliphatic heterocycles. The average Bonchev–Trinajstić information content (AvgIpc) is 2.66. The molecule has 8 heteroatoms. The van der Waals surface area contributed by atoms with Crippen LogP contribution in [0.4, 0.5) is 4.79 Å². The first-order valence-electron chi connectivity index (χ1n) is 9.79. The molecule has 0 aliphatic carbocycles. The summed E-state index contributed by atoms with van der Waals surface area (Å²) in [7, 11) is 0. The van der Waals surface area contributed by atoms with Crippen molar-refractivity contribution >= 4 is 18.0 Å². The van der Waals surface area contributed by atoms with Crippen molar-refractivity contribution < 1.29 is 23.9 Å². The molecule has 2 rings (SSSR count). The molecule has 1 aromatic rings. The quantitative estimate of drug-likeness (QED) is 0.770. The van der Waals surface area contributed by atoms with Crippen LogP contribution in [0.2, 0.25) is 0 Å². The number of piperazine rings is 1. The summed E-state index contributed by atoms with van der Waals surface area (Å²) in [5.41, 5.74) is 5.53. The molecular weight excluding hydrogens is 374 g/mol. The van der Waals surface area contributed by atoms with Crippen LogP contribution in [-0.2, 0) is 19.8 Å². The van der Waals surface area contributed by atoms with Crippen molar-refractivity contribution in [1.29, 1.82) is 0 Å². The highest BCUT2D eigenvalue weighted by Gasteiger charge is 2.36. The molecule has 29 heavy (non-hydrogen) atoms. The van der Waals surface area contributed by atoms with Crippen LogP contribution in [0.5, 0.6) is 0 Å². The second kappa shape index (κ2) is 8.82. The van der Waals surface area contributed by atoms with Gasteiger partial charge in [0.05, 0.1) is 12.2 Å². The number of amides is 2. The highest BCUT2D eigenvalue weighted by atomic mass is 16.6. The molecule has 0 radical (unpaired) electrons. The van der Waals surface area contributed by atoms with Gasteiger partial charge in [0.25, 0.3) is 0 Å². The molecule has 1 heterocycles. The van der Waals surface area contributed by atoms with Gasteiger partial charge in [-0.05, 0) is 52.3 Å². The maximum atomic E-state index is 13.0. The molecular formula is C21H31N3O5. The van der Waals surface area contributed by atoms with Crippen LogP contribution in [0.25, 0.3) is 0 Å². The van der Waals surface area contributed by atoms with Gasteiger partial charge in [-0.1, -0.05) is 12.1 Å². The zero-order valence-electron chi connectivity index (χ0n) is 17.9. The molecule has 160 valence electrons. The van der Waals surface area contributed by atoms with Crippen molar-refractivity contribution in [3.8, 4) is 0 Å². The Balaban J connectivity index is 2.04. The minimum absolute atomic E-state index is 0.231. The first kappa shape index (κ1) is 22.7. The molecule has 0 bridgehead atoms. The molecule has 2 amide bonds. The Bertz CT molecular complexity index is 745. The standard InChI is InChI=1S/C21H31N3O5/c1-6-28-19(27)24-13-11-23(12-14-24)18(26)21(5,22)16-9-7-15(8-10-16)17(25)29-20(2,3)4/h7-10H,6,11-14,22H2,1-5H3/t21-/m0/s1. The first-order chi connectivity index (χ1) is 13.5. The Labute approximate surface area is 171 Å². The van der Waals surface area contributed by atoms with Crippen molar-refractivity contribution in [3.05, 3.63) is 35.4 Å². The van der Waals surface area contributed by atoms with E-state index in [0.717, 1.165) is 0 Å². The van der Waals surface area contributed by atoms with Crippen molar-refractivity contribution in [1.82, 2.24) is 9.80 Å². The minimum Gasteiger partial charge on any atom is -0.456 e. The van der Waals surface area contributed by atoms with Gasteiger partial charge in [0.2, 0.25) is 5.91 Å². The number of carbonyl (C=O) groups is 3. The first-order valence-corrected chi connectivity index (χ1v) is 9.79. The molecule has 0 spiro atoms. The van der Waals surface area contributed by atoms with Crippen LogP contribution in [0.1, 0.15) is 50.5 Å². The molecule has 0 unspecified atom stereocenters. The van der Waals surface area contributed by atoms with E-state index in [4.69, 9.17) is 15.2 Å². The average molecular weight is 405 g/mol. The Morgan fingerprint density at radius 1 is 0.966 bits per heavy atom. The van der Waals surface area contributed by atoms with Gasteiger partial charge in [-0.25, -0.2) is 9.59 Å². The number of benzene rings is 1. The predicted octanol–water partition coefficient (Wildman–Crippen LogP) is 2.12. The lowest BCUT2D eigenvalue weighted by atomic mass is 9.90. The summed E-state index contributed by atoms with van der Waals surface area (Å²) in [4.78, 5) is 40.2. The summed E-state index contributed by atoms with van der Waals surface area (Å²) >= 11 is 0. The van der Waals surface area contributed by atoms with Gasteiger partial charge in [0, 0.05) is 26.2 Å². The molecule has 1 fully saturated rings. The maximum Gasteiger partial charge on any atom is 0.409 e. The van der Waals surface area contributed by atoms with E-state index in [1.54, 1.807) is 68.7 Å². The predicted molar refractivity (Wildman–Crippen MR) is 108 cm³/mol. The third-order valence-electron chi connectivity index (χ3n) is 4.66. The highest BCUT2D eigenvalue weighted by molar-refractivity contribution is 5.91. The van der Waals surface area contributed by atoms with Crippen molar-refractivity contribution in [3.63, 3.8) is 0 Å². The summed E-state index contributed by atoms with van der Waals surface area (Å²) in [5.74, 6) is -0.657. The summed E-state index contributed by atoms with van der Waals surface area (Å²) in [5, 5.41) is 0. The number of nitrogens with zero attached hydrogens (tertiary/aromatic N) is 2. The molecule has 1 saturated heterocycles. The molecule has 8 nitrogen and oxygen atoms in total. The molecule has 1 aliphatic rings. The van der Waals surface area contributed by atoms with E-state index in [1.165, 1.54) is 0 Å². The Hall–Kier alpha value is -2.61. The number of rotatable bonds is 4. The van der Waals surface area contributed by atoms with Crippen LogP contribution < -0.4 is 5.73 Å². The number of esters is 1. The van der Waals surface area contributed by atoms with Crippen LogP contribution in [0.15, 0.2) is 24.3 Å². The van der Waals surface area contributed by atoms with Crippen molar-refractivity contribution in [2.75, 3.05) is 32.8 Å². The fourth-order valence-corrected chi connectivity index (χ4v) is 3.05. The van der Waals surface area contributed by atoms with E-state index in [9.17, 15) is 14.4 Å².